The zero-order valence-electron chi connectivity index (χ0n) is 10.5. The maximum Gasteiger partial charge on any atom is 0.193 e. The number of guanidine groups is 1. The first-order valence-corrected chi connectivity index (χ1v) is 5.76. The van der Waals surface area contributed by atoms with E-state index in [0.717, 1.165) is 12.1 Å². The maximum atomic E-state index is 8.91. The number of aliphatic hydroxyl groups excluding tert-OH is 1. The van der Waals surface area contributed by atoms with Gasteiger partial charge in [0.15, 0.2) is 5.96 Å². The normalized spacial score (nSPS) is 12.5. The van der Waals surface area contributed by atoms with Crippen LogP contribution in [0.15, 0.2) is 35.3 Å². The van der Waals surface area contributed by atoms with E-state index >= 15 is 0 Å². The Labute approximate surface area is 103 Å². The number of nitrogens with two attached hydrogens (primary N) is 1. The van der Waals surface area contributed by atoms with Crippen molar-refractivity contribution in [1.82, 2.24) is 0 Å². The van der Waals surface area contributed by atoms with Crippen LogP contribution in [-0.4, -0.2) is 24.2 Å². The van der Waals surface area contributed by atoms with Crippen molar-refractivity contribution in [1.29, 1.82) is 0 Å². The average Bonchev–Trinajstić information content (AvgIpc) is 2.28. The van der Waals surface area contributed by atoms with E-state index in [1.54, 1.807) is 0 Å². The standard InChI is InChI=1S/C13H21N3O/c1-13(2,8-9-17)10-15-12(14)16-11-6-4-3-5-7-11/h3-7,17H,8-10H2,1-2H3,(H3,14,15,16). The lowest BCUT2D eigenvalue weighted by molar-refractivity contribution is 0.217. The first kappa shape index (κ1) is 13.5. The monoisotopic (exact) mass is 235 g/mol. The van der Waals surface area contributed by atoms with Crippen LogP contribution in [0, 0.1) is 5.41 Å². The molecule has 0 amide bonds. The average molecular weight is 235 g/mol. The van der Waals surface area contributed by atoms with Gasteiger partial charge in [0.05, 0.1) is 0 Å². The molecule has 1 aromatic rings. The third-order valence-corrected chi connectivity index (χ3v) is 2.51. The summed E-state index contributed by atoms with van der Waals surface area (Å²) >= 11 is 0. The Hall–Kier alpha value is -1.55. The summed E-state index contributed by atoms with van der Waals surface area (Å²) in [5.74, 6) is 0.405. The highest BCUT2D eigenvalue weighted by Crippen LogP contribution is 2.19. The lowest BCUT2D eigenvalue weighted by Crippen LogP contribution is -2.26. The van der Waals surface area contributed by atoms with Crippen LogP contribution in [0.25, 0.3) is 0 Å². The van der Waals surface area contributed by atoms with Crippen LogP contribution >= 0.6 is 0 Å². The molecule has 94 valence electrons. The van der Waals surface area contributed by atoms with Crippen LogP contribution in [0.1, 0.15) is 20.3 Å². The molecular weight excluding hydrogens is 214 g/mol. The van der Waals surface area contributed by atoms with E-state index in [1.165, 1.54) is 0 Å². The number of rotatable bonds is 5. The van der Waals surface area contributed by atoms with E-state index < -0.39 is 0 Å². The smallest absolute Gasteiger partial charge is 0.193 e. The lowest BCUT2D eigenvalue weighted by Gasteiger charge is -2.21. The van der Waals surface area contributed by atoms with Crippen LogP contribution in [0.5, 0.6) is 0 Å². The predicted molar refractivity (Wildman–Crippen MR) is 72.0 cm³/mol. The molecule has 0 heterocycles. The lowest BCUT2D eigenvalue weighted by atomic mass is 9.90. The van der Waals surface area contributed by atoms with Gasteiger partial charge in [-0.3, -0.25) is 4.99 Å². The summed E-state index contributed by atoms with van der Waals surface area (Å²) in [6.45, 7) is 4.89. The Morgan fingerprint density at radius 2 is 2.00 bits per heavy atom. The molecule has 1 aromatic carbocycles. The Morgan fingerprint density at radius 1 is 1.35 bits per heavy atom. The van der Waals surface area contributed by atoms with Gasteiger partial charge in [0, 0.05) is 18.8 Å². The van der Waals surface area contributed by atoms with E-state index in [0.29, 0.717) is 12.5 Å². The fourth-order valence-corrected chi connectivity index (χ4v) is 1.39. The number of anilines is 1. The molecule has 0 atom stereocenters. The van der Waals surface area contributed by atoms with Crippen molar-refractivity contribution >= 4 is 11.6 Å². The molecule has 0 radical (unpaired) electrons. The highest BCUT2D eigenvalue weighted by Gasteiger charge is 2.16. The maximum absolute atomic E-state index is 8.91. The molecule has 4 N–H and O–H groups in total. The Morgan fingerprint density at radius 3 is 2.59 bits per heavy atom. The third kappa shape index (κ3) is 5.36. The van der Waals surface area contributed by atoms with E-state index in [-0.39, 0.29) is 12.0 Å². The molecule has 0 saturated heterocycles. The van der Waals surface area contributed by atoms with Gasteiger partial charge in [-0.2, -0.15) is 0 Å². The predicted octanol–water partition coefficient (Wildman–Crippen LogP) is 1.82. The molecule has 0 unspecified atom stereocenters. The van der Waals surface area contributed by atoms with E-state index in [4.69, 9.17) is 10.8 Å². The van der Waals surface area contributed by atoms with Gasteiger partial charge < -0.3 is 16.2 Å². The fraction of sp³-hybridized carbons (Fsp3) is 0.462. The summed E-state index contributed by atoms with van der Waals surface area (Å²) in [4.78, 5) is 4.28. The van der Waals surface area contributed by atoms with Crippen molar-refractivity contribution < 1.29 is 5.11 Å². The molecule has 0 aliphatic carbocycles. The molecule has 1 rings (SSSR count). The minimum absolute atomic E-state index is 0.0300. The zero-order chi connectivity index (χ0) is 12.7. The fourth-order valence-electron chi connectivity index (χ4n) is 1.39. The van der Waals surface area contributed by atoms with Crippen LogP contribution in [0.3, 0.4) is 0 Å². The summed E-state index contributed by atoms with van der Waals surface area (Å²) in [5, 5.41) is 11.9. The van der Waals surface area contributed by atoms with Gasteiger partial charge in [-0.1, -0.05) is 32.0 Å². The number of benzene rings is 1. The highest BCUT2D eigenvalue weighted by atomic mass is 16.3. The quantitative estimate of drug-likeness (QED) is 0.538. The largest absolute Gasteiger partial charge is 0.396 e. The number of hydrogen-bond donors (Lipinski definition) is 3. The minimum atomic E-state index is -0.0300. The highest BCUT2D eigenvalue weighted by molar-refractivity contribution is 5.92. The first-order chi connectivity index (χ1) is 8.03. The van der Waals surface area contributed by atoms with Gasteiger partial charge in [0.1, 0.15) is 0 Å². The Kier molecular flexibility index (Phi) is 4.97. The summed E-state index contributed by atoms with van der Waals surface area (Å²) in [6, 6.07) is 9.68. The Bertz CT molecular complexity index is 360. The molecule has 4 nitrogen and oxygen atoms in total. The summed E-state index contributed by atoms with van der Waals surface area (Å²) in [5.41, 5.74) is 6.68. The van der Waals surface area contributed by atoms with E-state index in [2.05, 4.69) is 24.2 Å². The van der Waals surface area contributed by atoms with Gasteiger partial charge in [0.2, 0.25) is 0 Å². The van der Waals surface area contributed by atoms with Crippen molar-refractivity contribution in [3.05, 3.63) is 30.3 Å². The van der Waals surface area contributed by atoms with Gasteiger partial charge >= 0.3 is 0 Å². The van der Waals surface area contributed by atoms with E-state index in [1.807, 2.05) is 30.3 Å². The van der Waals surface area contributed by atoms with Gasteiger partial charge in [-0.15, -0.1) is 0 Å². The van der Waals surface area contributed by atoms with Crippen LogP contribution < -0.4 is 11.1 Å². The second-order valence-electron chi connectivity index (χ2n) is 4.83. The number of para-hydroxylation sites is 1. The second kappa shape index (κ2) is 6.25. The molecule has 0 saturated carbocycles. The first-order valence-electron chi connectivity index (χ1n) is 5.76. The zero-order valence-corrected chi connectivity index (χ0v) is 10.5. The second-order valence-corrected chi connectivity index (χ2v) is 4.83. The van der Waals surface area contributed by atoms with Crippen molar-refractivity contribution in [2.24, 2.45) is 16.1 Å². The number of aliphatic hydroxyl groups is 1. The molecular formula is C13H21N3O. The molecule has 0 aliphatic rings. The van der Waals surface area contributed by atoms with Gasteiger partial charge in [-0.05, 0) is 24.0 Å². The SMILES string of the molecule is CC(C)(CCO)CN=C(N)Nc1ccccc1. The number of nitrogens with one attached hydrogen (secondary N) is 1. The minimum Gasteiger partial charge on any atom is -0.396 e. The molecule has 0 aliphatic heterocycles. The summed E-state index contributed by atoms with van der Waals surface area (Å²) in [6.07, 6.45) is 0.717. The van der Waals surface area contributed by atoms with Crippen LogP contribution in [0.2, 0.25) is 0 Å². The molecule has 0 spiro atoms. The topological polar surface area (TPSA) is 70.6 Å². The Balaban J connectivity index is 2.50. The number of nitrogens with zero attached hydrogens (tertiary/aromatic N) is 1. The van der Waals surface area contributed by atoms with Crippen molar-refractivity contribution in [2.45, 2.75) is 20.3 Å². The van der Waals surface area contributed by atoms with Crippen LogP contribution in [-0.2, 0) is 0 Å². The van der Waals surface area contributed by atoms with Crippen molar-refractivity contribution in [3.63, 3.8) is 0 Å². The van der Waals surface area contributed by atoms with Gasteiger partial charge in [0.25, 0.3) is 0 Å². The third-order valence-electron chi connectivity index (χ3n) is 2.51. The number of aliphatic imine (C=N–C) groups is 1. The molecule has 0 fully saturated rings. The summed E-state index contributed by atoms with van der Waals surface area (Å²) in [7, 11) is 0. The molecule has 4 heteroatoms. The van der Waals surface area contributed by atoms with Crippen LogP contribution in [0.4, 0.5) is 5.69 Å². The molecule has 0 aromatic heterocycles. The van der Waals surface area contributed by atoms with Crippen molar-refractivity contribution in [2.75, 3.05) is 18.5 Å². The van der Waals surface area contributed by atoms with Gasteiger partial charge in [-0.25, -0.2) is 0 Å². The van der Waals surface area contributed by atoms with E-state index in [9.17, 15) is 0 Å². The number of hydrogen-bond acceptors (Lipinski definition) is 2. The summed E-state index contributed by atoms with van der Waals surface area (Å²) < 4.78 is 0. The molecule has 0 bridgehead atoms. The van der Waals surface area contributed by atoms with Crippen molar-refractivity contribution in [3.8, 4) is 0 Å². The molecule has 17 heavy (non-hydrogen) atoms.